The predicted octanol–water partition coefficient (Wildman–Crippen LogP) is 3.63. The topological polar surface area (TPSA) is 43.1 Å². The minimum absolute atomic E-state index is 0.00805. The summed E-state index contributed by atoms with van der Waals surface area (Å²) in [6, 6.07) is 2.01. The van der Waals surface area contributed by atoms with Gasteiger partial charge in [0.05, 0.1) is 10.8 Å². The SMILES string of the molecule is CCCCCCCS(=O)c1c(F)cc(N)cc1F. The Balaban J connectivity index is 2.57. The first-order valence-corrected chi connectivity index (χ1v) is 7.51. The molecule has 5 heteroatoms. The zero-order valence-electron chi connectivity index (χ0n) is 10.5. The lowest BCUT2D eigenvalue weighted by Crippen LogP contribution is -2.05. The van der Waals surface area contributed by atoms with E-state index >= 15 is 0 Å². The average Bonchev–Trinajstić information content (AvgIpc) is 2.27. The highest BCUT2D eigenvalue weighted by atomic mass is 32.2. The van der Waals surface area contributed by atoms with Gasteiger partial charge < -0.3 is 5.73 Å². The van der Waals surface area contributed by atoms with Gasteiger partial charge in [0.2, 0.25) is 0 Å². The molecule has 0 aromatic heterocycles. The van der Waals surface area contributed by atoms with Gasteiger partial charge in [-0.05, 0) is 18.6 Å². The summed E-state index contributed by atoms with van der Waals surface area (Å²) < 4.78 is 38.8. The number of unbranched alkanes of at least 4 members (excludes halogenated alkanes) is 4. The van der Waals surface area contributed by atoms with Crippen LogP contribution in [0.4, 0.5) is 14.5 Å². The molecule has 0 amide bonds. The number of hydrogen-bond donors (Lipinski definition) is 1. The first-order valence-electron chi connectivity index (χ1n) is 6.19. The Kier molecular flexibility index (Phi) is 6.25. The van der Waals surface area contributed by atoms with E-state index in [1.807, 2.05) is 0 Å². The summed E-state index contributed by atoms with van der Waals surface area (Å²) in [6.45, 7) is 2.11. The highest BCUT2D eigenvalue weighted by Gasteiger charge is 2.16. The van der Waals surface area contributed by atoms with Crippen LogP contribution in [0, 0.1) is 11.6 Å². The molecule has 18 heavy (non-hydrogen) atoms. The number of hydrogen-bond acceptors (Lipinski definition) is 2. The highest BCUT2D eigenvalue weighted by molar-refractivity contribution is 7.85. The molecule has 0 saturated heterocycles. The van der Waals surface area contributed by atoms with Gasteiger partial charge in [-0.3, -0.25) is 4.21 Å². The van der Waals surface area contributed by atoms with Crippen LogP contribution in [-0.4, -0.2) is 9.96 Å². The van der Waals surface area contributed by atoms with Gasteiger partial charge >= 0.3 is 0 Å². The zero-order chi connectivity index (χ0) is 13.5. The van der Waals surface area contributed by atoms with Crippen molar-refractivity contribution in [1.82, 2.24) is 0 Å². The van der Waals surface area contributed by atoms with Crippen molar-refractivity contribution in [2.75, 3.05) is 11.5 Å². The minimum Gasteiger partial charge on any atom is -0.399 e. The largest absolute Gasteiger partial charge is 0.399 e. The van der Waals surface area contributed by atoms with Gasteiger partial charge in [0.1, 0.15) is 16.5 Å². The van der Waals surface area contributed by atoms with E-state index in [-0.39, 0.29) is 10.6 Å². The van der Waals surface area contributed by atoms with E-state index < -0.39 is 22.4 Å². The molecule has 0 bridgehead atoms. The van der Waals surface area contributed by atoms with Crippen LogP contribution < -0.4 is 5.73 Å². The number of benzene rings is 1. The van der Waals surface area contributed by atoms with Crippen LogP contribution in [0.15, 0.2) is 17.0 Å². The van der Waals surface area contributed by atoms with E-state index in [4.69, 9.17) is 5.73 Å². The lowest BCUT2D eigenvalue weighted by Gasteiger charge is -2.06. The van der Waals surface area contributed by atoms with E-state index in [0.29, 0.717) is 5.75 Å². The van der Waals surface area contributed by atoms with Crippen LogP contribution >= 0.6 is 0 Å². The second-order valence-electron chi connectivity index (χ2n) is 4.28. The van der Waals surface area contributed by atoms with Crippen molar-refractivity contribution < 1.29 is 13.0 Å². The van der Waals surface area contributed by atoms with E-state index in [1.165, 1.54) is 0 Å². The normalized spacial score (nSPS) is 12.6. The number of anilines is 1. The molecule has 1 aromatic carbocycles. The average molecular weight is 275 g/mol. The van der Waals surface area contributed by atoms with Crippen molar-refractivity contribution in [2.45, 2.75) is 43.9 Å². The molecule has 0 saturated carbocycles. The molecule has 0 aliphatic rings. The van der Waals surface area contributed by atoms with E-state index in [2.05, 4.69) is 6.92 Å². The molecule has 102 valence electrons. The second kappa shape index (κ2) is 7.46. The zero-order valence-corrected chi connectivity index (χ0v) is 11.4. The molecule has 1 aromatic rings. The lowest BCUT2D eigenvalue weighted by molar-refractivity contribution is 0.535. The van der Waals surface area contributed by atoms with Gasteiger partial charge in [0.15, 0.2) is 0 Å². The predicted molar refractivity (Wildman–Crippen MR) is 70.8 cm³/mol. The maximum absolute atomic E-state index is 13.5. The first-order chi connectivity index (χ1) is 8.56. The van der Waals surface area contributed by atoms with Gasteiger partial charge in [-0.25, -0.2) is 8.78 Å². The van der Waals surface area contributed by atoms with Crippen molar-refractivity contribution in [1.29, 1.82) is 0 Å². The highest BCUT2D eigenvalue weighted by Crippen LogP contribution is 2.21. The summed E-state index contributed by atoms with van der Waals surface area (Å²) in [6.07, 6.45) is 5.00. The van der Waals surface area contributed by atoms with Crippen LogP contribution in [0.25, 0.3) is 0 Å². The third-order valence-corrected chi connectivity index (χ3v) is 4.19. The summed E-state index contributed by atoms with van der Waals surface area (Å²) in [7, 11) is -1.63. The maximum Gasteiger partial charge on any atom is 0.144 e. The summed E-state index contributed by atoms with van der Waals surface area (Å²) in [4.78, 5) is -0.348. The fourth-order valence-electron chi connectivity index (χ4n) is 1.74. The molecule has 1 atom stereocenters. The van der Waals surface area contributed by atoms with Gasteiger partial charge in [-0.15, -0.1) is 0 Å². The molecule has 2 nitrogen and oxygen atoms in total. The van der Waals surface area contributed by atoms with E-state index in [9.17, 15) is 13.0 Å². The summed E-state index contributed by atoms with van der Waals surface area (Å²) in [5.41, 5.74) is 5.31. The Hall–Kier alpha value is -0.970. The van der Waals surface area contributed by atoms with Crippen molar-refractivity contribution in [2.24, 2.45) is 0 Å². The molecule has 0 aliphatic heterocycles. The van der Waals surface area contributed by atoms with Crippen molar-refractivity contribution >= 4 is 16.5 Å². The van der Waals surface area contributed by atoms with E-state index in [0.717, 1.165) is 44.2 Å². The van der Waals surface area contributed by atoms with Crippen molar-refractivity contribution in [3.63, 3.8) is 0 Å². The molecule has 2 N–H and O–H groups in total. The second-order valence-corrected chi connectivity index (χ2v) is 5.79. The molecular weight excluding hydrogens is 256 g/mol. The number of halogens is 2. The molecule has 0 radical (unpaired) electrons. The molecule has 0 spiro atoms. The Bertz CT molecular complexity index is 400. The number of nitrogens with two attached hydrogens (primary N) is 1. The Morgan fingerprint density at radius 1 is 1.11 bits per heavy atom. The van der Waals surface area contributed by atoms with Crippen LogP contribution in [0.1, 0.15) is 39.0 Å². The fraction of sp³-hybridized carbons (Fsp3) is 0.538. The third-order valence-electron chi connectivity index (χ3n) is 2.68. The number of nitrogen functional groups attached to an aromatic ring is 1. The van der Waals surface area contributed by atoms with Gasteiger partial charge in [0, 0.05) is 11.4 Å². The van der Waals surface area contributed by atoms with Crippen LogP contribution in [0.5, 0.6) is 0 Å². The molecule has 0 heterocycles. The maximum atomic E-state index is 13.5. The first kappa shape index (κ1) is 15.1. The van der Waals surface area contributed by atoms with Crippen molar-refractivity contribution in [3.05, 3.63) is 23.8 Å². The van der Waals surface area contributed by atoms with Gasteiger partial charge in [-0.1, -0.05) is 32.6 Å². The number of rotatable bonds is 7. The quantitative estimate of drug-likeness (QED) is 0.610. The van der Waals surface area contributed by atoms with Gasteiger partial charge in [0.25, 0.3) is 0 Å². The van der Waals surface area contributed by atoms with Crippen LogP contribution in [0.3, 0.4) is 0 Å². The van der Waals surface area contributed by atoms with Gasteiger partial charge in [-0.2, -0.15) is 0 Å². The van der Waals surface area contributed by atoms with Crippen molar-refractivity contribution in [3.8, 4) is 0 Å². The minimum atomic E-state index is -1.63. The molecule has 0 aliphatic carbocycles. The monoisotopic (exact) mass is 275 g/mol. The molecule has 1 unspecified atom stereocenters. The van der Waals surface area contributed by atoms with E-state index in [1.54, 1.807) is 0 Å². The Morgan fingerprint density at radius 3 is 2.22 bits per heavy atom. The lowest BCUT2D eigenvalue weighted by atomic mass is 10.2. The molecular formula is C13H19F2NOS. The summed E-state index contributed by atoms with van der Waals surface area (Å²) in [5, 5.41) is 0. The van der Waals surface area contributed by atoms with Crippen LogP contribution in [-0.2, 0) is 10.8 Å². The van der Waals surface area contributed by atoms with Crippen LogP contribution in [0.2, 0.25) is 0 Å². The molecule has 0 fully saturated rings. The standard InChI is InChI=1S/C13H19F2NOS/c1-2-3-4-5-6-7-18(17)13-11(14)8-10(16)9-12(13)15/h8-9H,2-7,16H2,1H3. The fourth-order valence-corrected chi connectivity index (χ4v) is 2.96. The smallest absolute Gasteiger partial charge is 0.144 e. The third kappa shape index (κ3) is 4.37. The Morgan fingerprint density at radius 2 is 1.67 bits per heavy atom. The summed E-state index contributed by atoms with van der Waals surface area (Å²) >= 11 is 0. The Labute approximate surface area is 109 Å². The summed E-state index contributed by atoms with van der Waals surface area (Å²) in [5.74, 6) is -1.35. The molecule has 1 rings (SSSR count).